The van der Waals surface area contributed by atoms with Crippen molar-refractivity contribution in [3.8, 4) is 0 Å². The number of aromatic nitrogens is 1. The molecule has 1 saturated heterocycles. The molecule has 2 aliphatic carbocycles. The number of imide groups is 1. The Morgan fingerprint density at radius 2 is 1.89 bits per heavy atom. The molecule has 9 nitrogen and oxygen atoms in total. The fourth-order valence-electron chi connectivity index (χ4n) is 5.76. The van der Waals surface area contributed by atoms with Crippen molar-refractivity contribution in [1.29, 1.82) is 0 Å². The van der Waals surface area contributed by atoms with Gasteiger partial charge in [0.25, 0.3) is 0 Å². The number of hydrogen-bond donors (Lipinski definition) is 2. The number of carbonyl (C=O) groups excluding carboxylic acids is 3. The molecule has 1 aromatic rings. The Morgan fingerprint density at radius 3 is 2.54 bits per heavy atom. The molecule has 4 aliphatic rings. The van der Waals surface area contributed by atoms with E-state index in [0.717, 1.165) is 16.2 Å². The molecule has 0 aromatic carbocycles. The Bertz CT molecular complexity index is 984. The molecule has 148 valence electrons. The summed E-state index contributed by atoms with van der Waals surface area (Å²) in [6.45, 7) is -0.631. The summed E-state index contributed by atoms with van der Waals surface area (Å²) in [6, 6.07) is 0. The average molecular weight is 424 g/mol. The maximum atomic E-state index is 12.9. The summed E-state index contributed by atoms with van der Waals surface area (Å²) < 4.78 is 5.01. The first-order chi connectivity index (χ1) is 13.3. The average Bonchev–Trinajstić information content (AvgIpc) is 3.36. The van der Waals surface area contributed by atoms with Gasteiger partial charge < -0.3 is 14.8 Å². The van der Waals surface area contributed by atoms with E-state index in [0.29, 0.717) is 16.3 Å². The molecule has 2 amide bonds. The lowest BCUT2D eigenvalue weighted by Crippen LogP contribution is -2.44. The maximum absolute atomic E-state index is 12.9. The molecular weight excluding hydrogens is 408 g/mol. The molecule has 2 bridgehead atoms. The van der Waals surface area contributed by atoms with Crippen LogP contribution in [-0.4, -0.2) is 57.6 Å². The summed E-state index contributed by atoms with van der Waals surface area (Å²) in [7, 11) is 1.29. The Hall–Kier alpha value is -2.14. The molecule has 2 N–H and O–H groups in total. The number of nitrogens with one attached hydrogen (secondary N) is 1. The Morgan fingerprint density at radius 1 is 1.21 bits per heavy atom. The second-order valence-corrected chi connectivity index (χ2v) is 9.84. The second-order valence-electron chi connectivity index (χ2n) is 7.64. The van der Waals surface area contributed by atoms with E-state index in [9.17, 15) is 24.0 Å². The van der Waals surface area contributed by atoms with Gasteiger partial charge in [-0.3, -0.25) is 28.9 Å². The smallest absolute Gasteiger partial charge is 0.323 e. The molecule has 3 fully saturated rings. The van der Waals surface area contributed by atoms with Gasteiger partial charge in [-0.15, -0.1) is 11.8 Å². The minimum atomic E-state index is -1.23. The summed E-state index contributed by atoms with van der Waals surface area (Å²) in [6.07, 6.45) is 0.642. The summed E-state index contributed by atoms with van der Waals surface area (Å²) in [4.78, 5) is 65.2. The number of likely N-dealkylation sites (tertiary alicyclic amines) is 1. The van der Waals surface area contributed by atoms with E-state index in [4.69, 9.17) is 9.84 Å². The molecule has 0 spiro atoms. The summed E-state index contributed by atoms with van der Waals surface area (Å²) in [5, 5.41) is 9.58. The van der Waals surface area contributed by atoms with Gasteiger partial charge in [-0.2, -0.15) is 0 Å². The molecule has 5 rings (SSSR count). The molecule has 7 unspecified atom stereocenters. The lowest BCUT2D eigenvalue weighted by molar-refractivity contribution is -0.150. The molecule has 28 heavy (non-hydrogen) atoms. The van der Waals surface area contributed by atoms with Gasteiger partial charge >= 0.3 is 16.8 Å². The van der Waals surface area contributed by atoms with Crippen molar-refractivity contribution in [3.63, 3.8) is 0 Å². The van der Waals surface area contributed by atoms with Gasteiger partial charge in [-0.1, -0.05) is 11.3 Å². The van der Waals surface area contributed by atoms with Crippen LogP contribution in [-0.2, 0) is 23.9 Å². The Kier molecular flexibility index (Phi) is 3.80. The van der Waals surface area contributed by atoms with Crippen LogP contribution in [0.1, 0.15) is 17.2 Å². The fourth-order valence-corrected chi connectivity index (χ4v) is 8.61. The van der Waals surface area contributed by atoms with E-state index in [1.165, 1.54) is 18.9 Å². The van der Waals surface area contributed by atoms with Crippen molar-refractivity contribution in [1.82, 2.24) is 9.88 Å². The number of nitrogens with zero attached hydrogens (tertiary/aromatic N) is 1. The lowest BCUT2D eigenvalue weighted by Gasteiger charge is -2.41. The van der Waals surface area contributed by atoms with Crippen LogP contribution in [0.2, 0.25) is 0 Å². The third kappa shape index (κ3) is 2.17. The van der Waals surface area contributed by atoms with Crippen molar-refractivity contribution in [2.24, 2.45) is 29.6 Å². The van der Waals surface area contributed by atoms with Crippen LogP contribution in [0.15, 0.2) is 9.82 Å². The van der Waals surface area contributed by atoms with Crippen LogP contribution in [0.4, 0.5) is 0 Å². The van der Waals surface area contributed by atoms with Crippen LogP contribution >= 0.6 is 23.1 Å². The van der Waals surface area contributed by atoms with Gasteiger partial charge in [0.05, 0.1) is 34.8 Å². The van der Waals surface area contributed by atoms with Gasteiger partial charge in [0, 0.05) is 5.25 Å². The van der Waals surface area contributed by atoms with E-state index in [1.807, 2.05) is 0 Å². The first-order valence-corrected chi connectivity index (χ1v) is 10.6. The van der Waals surface area contributed by atoms with Crippen molar-refractivity contribution in [2.75, 3.05) is 13.7 Å². The zero-order valence-electron chi connectivity index (χ0n) is 14.6. The first kappa shape index (κ1) is 17.9. The number of aromatic amines is 1. The van der Waals surface area contributed by atoms with Crippen LogP contribution in [0, 0.1) is 29.6 Å². The van der Waals surface area contributed by atoms with Crippen LogP contribution in [0.5, 0.6) is 0 Å². The second kappa shape index (κ2) is 5.93. The maximum Gasteiger partial charge on any atom is 0.323 e. The zero-order valence-corrected chi connectivity index (χ0v) is 16.2. The molecule has 1 aromatic heterocycles. The minimum Gasteiger partial charge on any atom is -0.480 e. The highest BCUT2D eigenvalue weighted by molar-refractivity contribution is 8.00. The highest BCUT2D eigenvalue weighted by atomic mass is 32.2. The van der Waals surface area contributed by atoms with Crippen molar-refractivity contribution >= 4 is 46.9 Å². The number of esters is 1. The summed E-state index contributed by atoms with van der Waals surface area (Å²) >= 11 is 2.44. The van der Waals surface area contributed by atoms with E-state index in [-0.39, 0.29) is 27.9 Å². The summed E-state index contributed by atoms with van der Waals surface area (Å²) in [5.41, 5.74) is 0. The lowest BCUT2D eigenvalue weighted by atomic mass is 9.69. The number of fused-ring (bicyclic) bond motifs is 9. The quantitative estimate of drug-likeness (QED) is 0.516. The molecule has 2 saturated carbocycles. The number of carboxylic acid groups (broad SMARTS) is 1. The van der Waals surface area contributed by atoms with Gasteiger partial charge in [0.1, 0.15) is 6.54 Å². The number of amides is 2. The van der Waals surface area contributed by atoms with Gasteiger partial charge in [0.15, 0.2) is 0 Å². The SMILES string of the molecule is COC(=O)C1c2sc(=O)[nH]c2SC2C3CC(C4C(=O)N(CC(=O)O)C(=O)C34)C12. The third-order valence-electron chi connectivity index (χ3n) is 6.56. The number of carboxylic acids is 1. The van der Waals surface area contributed by atoms with Crippen LogP contribution < -0.4 is 4.87 Å². The van der Waals surface area contributed by atoms with Gasteiger partial charge in [-0.05, 0) is 24.2 Å². The molecule has 3 heterocycles. The molecule has 11 heteroatoms. The third-order valence-corrected chi connectivity index (χ3v) is 9.15. The monoisotopic (exact) mass is 424 g/mol. The summed E-state index contributed by atoms with van der Waals surface area (Å²) in [5.74, 6) is -4.91. The number of thiazole rings is 1. The standard InChI is InChI=1S/C17H16N2O7S2/c1-26-16(24)10-7-4-2-5(11(7)27-13-12(10)28-17(25)18-13)9-8(4)14(22)19(15(9)23)3-6(20)21/h4-5,7-11H,2-3H2,1H3,(H,18,25)(H,20,21). The number of ether oxygens (including phenoxy) is 1. The number of methoxy groups -OCH3 is 1. The van der Waals surface area contributed by atoms with Crippen molar-refractivity contribution < 1.29 is 29.0 Å². The normalized spacial score (nSPS) is 37.6. The number of H-pyrrole nitrogens is 1. The molecule has 2 aliphatic heterocycles. The predicted molar refractivity (Wildman–Crippen MR) is 95.8 cm³/mol. The van der Waals surface area contributed by atoms with E-state index in [2.05, 4.69) is 4.98 Å². The van der Waals surface area contributed by atoms with Crippen molar-refractivity contribution in [2.45, 2.75) is 22.6 Å². The number of rotatable bonds is 3. The van der Waals surface area contributed by atoms with E-state index < -0.39 is 48.1 Å². The van der Waals surface area contributed by atoms with E-state index >= 15 is 0 Å². The molecular formula is C17H16N2O7S2. The number of aliphatic carboxylic acids is 1. The first-order valence-electron chi connectivity index (χ1n) is 8.88. The Labute approximate surface area is 166 Å². The number of thioether (sulfide) groups is 1. The highest BCUT2D eigenvalue weighted by Crippen LogP contribution is 2.67. The Balaban J connectivity index is 1.57. The molecule has 0 radical (unpaired) electrons. The van der Waals surface area contributed by atoms with Crippen LogP contribution in [0.3, 0.4) is 0 Å². The largest absolute Gasteiger partial charge is 0.480 e. The fraction of sp³-hybridized carbons (Fsp3) is 0.588. The topological polar surface area (TPSA) is 134 Å². The highest BCUT2D eigenvalue weighted by Gasteiger charge is 2.70. The number of hydrogen-bond acceptors (Lipinski definition) is 8. The van der Waals surface area contributed by atoms with Gasteiger partial charge in [0.2, 0.25) is 11.8 Å². The van der Waals surface area contributed by atoms with E-state index in [1.54, 1.807) is 0 Å². The number of carbonyl (C=O) groups is 4. The van der Waals surface area contributed by atoms with Crippen LogP contribution in [0.25, 0.3) is 0 Å². The van der Waals surface area contributed by atoms with Gasteiger partial charge in [-0.25, -0.2) is 0 Å². The zero-order chi connectivity index (χ0) is 19.9. The molecule has 7 atom stereocenters. The minimum absolute atomic E-state index is 0.102. The van der Waals surface area contributed by atoms with Crippen molar-refractivity contribution in [3.05, 3.63) is 14.5 Å². The predicted octanol–water partition coefficient (Wildman–Crippen LogP) is 0.119.